The minimum Gasteiger partial charge on any atom is -0.481 e. The second-order valence-corrected chi connectivity index (χ2v) is 11.2. The monoisotopic (exact) mass is 630 g/mol. The van der Waals surface area contributed by atoms with Gasteiger partial charge in [-0.2, -0.15) is 0 Å². The Morgan fingerprint density at radius 2 is 1.07 bits per heavy atom. The number of nitrogens with one attached hydrogen (secondary N) is 2. The maximum atomic E-state index is 11.5. The van der Waals surface area contributed by atoms with Gasteiger partial charge in [0.05, 0.1) is 22.8 Å². The molecule has 2 aliphatic heterocycles. The van der Waals surface area contributed by atoms with Crippen molar-refractivity contribution >= 4 is 56.3 Å². The summed E-state index contributed by atoms with van der Waals surface area (Å²) >= 11 is 0. The maximum Gasteiger partial charge on any atom is 0.303 e. The van der Waals surface area contributed by atoms with Crippen molar-refractivity contribution < 1.29 is 39.3 Å². The molecule has 0 spiro atoms. The topological polar surface area (TPSA) is 132 Å². The predicted octanol–water partition coefficient (Wildman–Crippen LogP) is 7.64. The normalized spacial score (nSPS) is 13.0. The van der Waals surface area contributed by atoms with Crippen molar-refractivity contribution in [3.63, 3.8) is 0 Å². The molecule has 0 saturated heterocycles. The number of H-pyrrole nitrogens is 2. The summed E-state index contributed by atoms with van der Waals surface area (Å²) in [6, 6.07) is 8.19. The van der Waals surface area contributed by atoms with Gasteiger partial charge in [0.25, 0.3) is 0 Å². The van der Waals surface area contributed by atoms with Crippen LogP contribution in [0.5, 0.6) is 0 Å². The van der Waals surface area contributed by atoms with Gasteiger partial charge in [-0.05, 0) is 122 Å². The fourth-order valence-corrected chi connectivity index (χ4v) is 6.22. The van der Waals surface area contributed by atoms with Gasteiger partial charge >= 0.3 is 11.9 Å². The quantitative estimate of drug-likeness (QED) is 0.189. The molecule has 2 aliphatic rings. The molecular formula is C34H38N4O4Zn. The van der Waals surface area contributed by atoms with E-state index < -0.39 is 11.9 Å². The Morgan fingerprint density at radius 1 is 0.628 bits per heavy atom. The molecule has 8 nitrogen and oxygen atoms in total. The Balaban J connectivity index is 0.00000423. The van der Waals surface area contributed by atoms with Crippen LogP contribution in [0.1, 0.15) is 98.4 Å². The smallest absolute Gasteiger partial charge is 0.303 e. The Morgan fingerprint density at radius 3 is 1.63 bits per heavy atom. The first kappa shape index (κ1) is 32.1. The number of aromatic nitrogens is 4. The van der Waals surface area contributed by atoms with Crippen LogP contribution in [0.3, 0.4) is 0 Å². The van der Waals surface area contributed by atoms with Crippen molar-refractivity contribution in [3.05, 3.63) is 69.3 Å². The molecule has 9 heteroatoms. The number of nitrogens with zero attached hydrogens (tertiary/aromatic N) is 2. The molecule has 3 aromatic heterocycles. The van der Waals surface area contributed by atoms with Crippen LogP contribution >= 0.6 is 0 Å². The molecule has 0 aromatic carbocycles. The molecule has 5 heterocycles. The summed E-state index contributed by atoms with van der Waals surface area (Å²) in [6.45, 7) is 12.5. The SMILES string of the molecule is CCC1=C(C)c2cc3[nH]c(cc4nc(cc5[nH]c(cc1n2)c(C)c5CCC(=O)O)C(CCC(=O)O)=C4C)c(C)c3CC.[Zn]. The number of aromatic amines is 2. The van der Waals surface area contributed by atoms with Gasteiger partial charge in [-0.1, -0.05) is 13.8 Å². The van der Waals surface area contributed by atoms with Gasteiger partial charge in [0, 0.05) is 54.4 Å². The van der Waals surface area contributed by atoms with Gasteiger partial charge < -0.3 is 20.2 Å². The third-order valence-corrected chi connectivity index (χ3v) is 8.69. The van der Waals surface area contributed by atoms with E-state index in [9.17, 15) is 19.8 Å². The average Bonchev–Trinajstić information content (AvgIpc) is 3.59. The number of hydrogen-bond donors (Lipinski definition) is 4. The van der Waals surface area contributed by atoms with Crippen LogP contribution in [-0.4, -0.2) is 42.1 Å². The Bertz CT molecular complexity index is 1860. The van der Waals surface area contributed by atoms with E-state index in [0.29, 0.717) is 18.5 Å². The molecule has 0 aliphatic carbocycles. The summed E-state index contributed by atoms with van der Waals surface area (Å²) in [6.07, 6.45) is 2.39. The number of fused-ring (bicyclic) bond motifs is 8. The van der Waals surface area contributed by atoms with Crippen LogP contribution < -0.4 is 0 Å². The molecule has 43 heavy (non-hydrogen) atoms. The molecule has 0 atom stereocenters. The van der Waals surface area contributed by atoms with E-state index >= 15 is 0 Å². The van der Waals surface area contributed by atoms with E-state index in [1.807, 2.05) is 26.0 Å². The van der Waals surface area contributed by atoms with E-state index in [4.69, 9.17) is 9.97 Å². The zero-order valence-electron chi connectivity index (χ0n) is 25.9. The largest absolute Gasteiger partial charge is 0.481 e. The van der Waals surface area contributed by atoms with Crippen LogP contribution in [0.2, 0.25) is 0 Å². The minimum atomic E-state index is -0.864. The Kier molecular flexibility index (Phi) is 9.55. The summed E-state index contributed by atoms with van der Waals surface area (Å²) in [5, 5.41) is 18.9. The number of allylic oxidation sites excluding steroid dienone is 4. The van der Waals surface area contributed by atoms with Crippen LogP contribution in [0.15, 0.2) is 24.3 Å². The third-order valence-electron chi connectivity index (χ3n) is 8.69. The first-order chi connectivity index (χ1) is 20.0. The number of carboxylic acid groups (broad SMARTS) is 2. The molecule has 0 saturated carbocycles. The van der Waals surface area contributed by atoms with Gasteiger partial charge in [-0.3, -0.25) is 9.59 Å². The van der Waals surface area contributed by atoms with E-state index in [1.54, 1.807) is 0 Å². The number of carboxylic acids is 2. The van der Waals surface area contributed by atoms with Crippen molar-refractivity contribution in [3.8, 4) is 0 Å². The van der Waals surface area contributed by atoms with Crippen molar-refractivity contribution in [1.82, 2.24) is 19.9 Å². The van der Waals surface area contributed by atoms with Gasteiger partial charge in [-0.25, -0.2) is 9.97 Å². The van der Waals surface area contributed by atoms with E-state index in [-0.39, 0.29) is 32.3 Å². The molecule has 0 amide bonds. The number of hydrogen-bond acceptors (Lipinski definition) is 4. The summed E-state index contributed by atoms with van der Waals surface area (Å²) in [4.78, 5) is 40.3. The second-order valence-electron chi connectivity index (χ2n) is 11.2. The number of rotatable bonds is 8. The first-order valence-corrected chi connectivity index (χ1v) is 14.6. The third kappa shape index (κ3) is 6.14. The van der Waals surface area contributed by atoms with E-state index in [1.165, 1.54) is 11.1 Å². The van der Waals surface area contributed by atoms with E-state index in [0.717, 1.165) is 85.4 Å². The average molecular weight is 632 g/mol. The summed E-state index contributed by atoms with van der Waals surface area (Å²) in [7, 11) is 0. The number of aliphatic carboxylic acids is 2. The van der Waals surface area contributed by atoms with Crippen LogP contribution in [0.25, 0.3) is 44.4 Å². The first-order valence-electron chi connectivity index (χ1n) is 14.6. The summed E-state index contributed by atoms with van der Waals surface area (Å²) < 4.78 is 0. The maximum absolute atomic E-state index is 11.5. The van der Waals surface area contributed by atoms with Crippen LogP contribution in [0, 0.1) is 13.8 Å². The summed E-state index contributed by atoms with van der Waals surface area (Å²) in [5.41, 5.74) is 15.4. The molecule has 8 bridgehead atoms. The molecule has 0 radical (unpaired) electrons. The molecule has 220 valence electrons. The van der Waals surface area contributed by atoms with Gasteiger partial charge in [-0.15, -0.1) is 0 Å². The fraction of sp³-hybridized carbons (Fsp3) is 0.353. The summed E-state index contributed by atoms with van der Waals surface area (Å²) in [5.74, 6) is -1.72. The molecule has 0 unspecified atom stereocenters. The van der Waals surface area contributed by atoms with Crippen molar-refractivity contribution in [2.45, 2.75) is 80.1 Å². The van der Waals surface area contributed by atoms with Crippen LogP contribution in [-0.2, 0) is 41.9 Å². The standard InChI is InChI=1S/C34H38N4O4.Zn/c1-7-21-17(3)25-13-26-19(5)23(9-11-33(39)40)31(37-26)16-32-24(10-12-34(41)42)20(6)28(38-32)15-30-22(8-2)18(4)27(36-30)14-29(21)35-25;/h13-16,35,38H,7-12H2,1-6H3,(H,39,40)(H,41,42);. The molecule has 5 rings (SSSR count). The van der Waals surface area contributed by atoms with Crippen molar-refractivity contribution in [2.24, 2.45) is 0 Å². The Hall–Kier alpha value is -3.84. The van der Waals surface area contributed by atoms with Gasteiger partial charge in [0.15, 0.2) is 0 Å². The molecule has 0 fully saturated rings. The zero-order valence-corrected chi connectivity index (χ0v) is 28.8. The van der Waals surface area contributed by atoms with E-state index in [2.05, 4.69) is 49.8 Å². The zero-order chi connectivity index (χ0) is 30.3. The Labute approximate surface area is 264 Å². The van der Waals surface area contributed by atoms with Gasteiger partial charge in [0.2, 0.25) is 0 Å². The molecule has 3 aromatic rings. The fourth-order valence-electron chi connectivity index (χ4n) is 6.22. The number of aryl methyl sites for hydroxylation is 4. The van der Waals surface area contributed by atoms with Gasteiger partial charge in [0.1, 0.15) is 0 Å². The van der Waals surface area contributed by atoms with Crippen molar-refractivity contribution in [1.29, 1.82) is 0 Å². The predicted molar refractivity (Wildman–Crippen MR) is 168 cm³/mol. The second kappa shape index (κ2) is 12.8. The molecular weight excluding hydrogens is 594 g/mol. The molecule has 4 N–H and O–H groups in total. The van der Waals surface area contributed by atoms with Crippen molar-refractivity contribution in [2.75, 3.05) is 0 Å². The van der Waals surface area contributed by atoms with Crippen LogP contribution in [0.4, 0.5) is 0 Å². The number of carbonyl (C=O) groups is 2. The minimum absolute atomic E-state index is 0.